The van der Waals surface area contributed by atoms with Crippen LogP contribution in [0.5, 0.6) is 0 Å². The number of hydrogen-bond acceptors (Lipinski definition) is 2. The molecule has 2 heteroatoms. The van der Waals surface area contributed by atoms with Gasteiger partial charge in [-0.05, 0) is 18.5 Å². The predicted octanol–water partition coefficient (Wildman–Crippen LogP) is 0.451. The van der Waals surface area contributed by atoms with Gasteiger partial charge in [0.25, 0.3) is 0 Å². The number of nitrogens with two attached hydrogens (primary N) is 1. The van der Waals surface area contributed by atoms with Gasteiger partial charge in [0, 0.05) is 19.1 Å². The SMILES string of the molecule is C=C1CN(C)CC(C)C1N. The van der Waals surface area contributed by atoms with Crippen molar-refractivity contribution in [2.24, 2.45) is 11.7 Å². The Hall–Kier alpha value is -0.340. The second kappa shape index (κ2) is 2.72. The van der Waals surface area contributed by atoms with Gasteiger partial charge >= 0.3 is 0 Å². The van der Waals surface area contributed by atoms with Crippen LogP contribution in [0.25, 0.3) is 0 Å². The number of hydrogen-bond donors (Lipinski definition) is 1. The topological polar surface area (TPSA) is 29.3 Å². The van der Waals surface area contributed by atoms with Crippen molar-refractivity contribution in [3.8, 4) is 0 Å². The Morgan fingerprint density at radius 3 is 2.80 bits per heavy atom. The molecule has 2 atom stereocenters. The van der Waals surface area contributed by atoms with Crippen molar-refractivity contribution in [3.05, 3.63) is 12.2 Å². The maximum atomic E-state index is 5.86. The monoisotopic (exact) mass is 140 g/mol. The second-order valence-corrected chi connectivity index (χ2v) is 3.36. The summed E-state index contributed by atoms with van der Waals surface area (Å²) in [4.78, 5) is 2.26. The maximum Gasteiger partial charge on any atom is 0.0301 e. The quantitative estimate of drug-likeness (QED) is 0.495. The third-order valence-corrected chi connectivity index (χ3v) is 2.16. The summed E-state index contributed by atoms with van der Waals surface area (Å²) in [6, 6.07) is 0.219. The van der Waals surface area contributed by atoms with Crippen LogP contribution in [0.4, 0.5) is 0 Å². The maximum absolute atomic E-state index is 5.86. The third kappa shape index (κ3) is 1.39. The fraction of sp³-hybridized carbons (Fsp3) is 0.750. The number of rotatable bonds is 0. The zero-order valence-corrected chi connectivity index (χ0v) is 6.80. The molecular weight excluding hydrogens is 124 g/mol. The van der Waals surface area contributed by atoms with E-state index in [4.69, 9.17) is 5.73 Å². The smallest absolute Gasteiger partial charge is 0.0301 e. The van der Waals surface area contributed by atoms with Crippen LogP contribution < -0.4 is 5.73 Å². The Morgan fingerprint density at radius 1 is 1.70 bits per heavy atom. The van der Waals surface area contributed by atoms with E-state index in [1.165, 1.54) is 5.57 Å². The van der Waals surface area contributed by atoms with Gasteiger partial charge in [-0.2, -0.15) is 0 Å². The Bertz CT molecular complexity index is 142. The molecule has 0 spiro atoms. The van der Waals surface area contributed by atoms with Crippen LogP contribution in [0.3, 0.4) is 0 Å². The molecule has 0 bridgehead atoms. The Labute approximate surface area is 62.7 Å². The highest BCUT2D eigenvalue weighted by Crippen LogP contribution is 2.16. The lowest BCUT2D eigenvalue weighted by Crippen LogP contribution is -2.45. The normalized spacial score (nSPS) is 36.5. The van der Waals surface area contributed by atoms with Gasteiger partial charge in [0.1, 0.15) is 0 Å². The Kier molecular flexibility index (Phi) is 2.11. The highest BCUT2D eigenvalue weighted by molar-refractivity contribution is 5.11. The van der Waals surface area contributed by atoms with Gasteiger partial charge in [0.2, 0.25) is 0 Å². The standard InChI is InChI=1S/C8H16N2/c1-6-4-10(3)5-7(2)8(6)9/h7-8H,1,4-5,9H2,2-3H3. The molecule has 2 nitrogen and oxygen atoms in total. The zero-order chi connectivity index (χ0) is 7.72. The van der Waals surface area contributed by atoms with Gasteiger partial charge in [-0.1, -0.05) is 13.5 Å². The molecule has 0 aliphatic carbocycles. The van der Waals surface area contributed by atoms with E-state index >= 15 is 0 Å². The van der Waals surface area contributed by atoms with E-state index in [2.05, 4.69) is 25.5 Å². The molecule has 1 aliphatic rings. The molecule has 1 heterocycles. The van der Waals surface area contributed by atoms with E-state index in [0.29, 0.717) is 5.92 Å². The van der Waals surface area contributed by atoms with E-state index in [-0.39, 0.29) is 6.04 Å². The molecule has 1 saturated heterocycles. The third-order valence-electron chi connectivity index (χ3n) is 2.16. The van der Waals surface area contributed by atoms with Crippen LogP contribution in [-0.4, -0.2) is 31.1 Å². The van der Waals surface area contributed by atoms with Crippen molar-refractivity contribution in [2.45, 2.75) is 13.0 Å². The molecule has 2 unspecified atom stereocenters. The summed E-state index contributed by atoms with van der Waals surface area (Å²) in [6.45, 7) is 8.16. The van der Waals surface area contributed by atoms with Gasteiger partial charge in [-0.15, -0.1) is 0 Å². The summed E-state index contributed by atoms with van der Waals surface area (Å²) < 4.78 is 0. The Morgan fingerprint density at radius 2 is 2.30 bits per heavy atom. The largest absolute Gasteiger partial charge is 0.324 e. The average Bonchev–Trinajstić information content (AvgIpc) is 1.82. The van der Waals surface area contributed by atoms with Crippen molar-refractivity contribution < 1.29 is 0 Å². The van der Waals surface area contributed by atoms with Gasteiger partial charge in [-0.3, -0.25) is 0 Å². The van der Waals surface area contributed by atoms with Gasteiger partial charge < -0.3 is 10.6 Å². The first-order chi connectivity index (χ1) is 4.61. The summed E-state index contributed by atoms with van der Waals surface area (Å²) in [5.41, 5.74) is 7.03. The molecule has 2 N–H and O–H groups in total. The molecule has 0 aromatic heterocycles. The van der Waals surface area contributed by atoms with Crippen LogP contribution in [0.15, 0.2) is 12.2 Å². The van der Waals surface area contributed by atoms with E-state index in [9.17, 15) is 0 Å². The van der Waals surface area contributed by atoms with Crippen LogP contribution in [0, 0.1) is 5.92 Å². The molecule has 1 aliphatic heterocycles. The number of likely N-dealkylation sites (tertiary alicyclic amines) is 1. The highest BCUT2D eigenvalue weighted by Gasteiger charge is 2.23. The molecule has 58 valence electrons. The first-order valence-corrected chi connectivity index (χ1v) is 3.73. The second-order valence-electron chi connectivity index (χ2n) is 3.36. The Balaban J connectivity index is 2.57. The van der Waals surface area contributed by atoms with Crippen molar-refractivity contribution in [1.82, 2.24) is 4.90 Å². The summed E-state index contributed by atoms with van der Waals surface area (Å²) in [5, 5.41) is 0. The van der Waals surface area contributed by atoms with Crippen molar-refractivity contribution in [3.63, 3.8) is 0 Å². The predicted molar refractivity (Wildman–Crippen MR) is 43.8 cm³/mol. The van der Waals surface area contributed by atoms with E-state index in [1.54, 1.807) is 0 Å². The summed E-state index contributed by atoms with van der Waals surface area (Å²) in [6.07, 6.45) is 0. The molecule has 10 heavy (non-hydrogen) atoms. The van der Waals surface area contributed by atoms with Gasteiger partial charge in [0.15, 0.2) is 0 Å². The average molecular weight is 140 g/mol. The molecule has 0 aromatic rings. The van der Waals surface area contributed by atoms with Crippen LogP contribution >= 0.6 is 0 Å². The summed E-state index contributed by atoms with van der Waals surface area (Å²) in [7, 11) is 2.10. The number of likely N-dealkylation sites (N-methyl/N-ethyl adjacent to an activating group) is 1. The molecular formula is C8H16N2. The van der Waals surface area contributed by atoms with Gasteiger partial charge in [0.05, 0.1) is 0 Å². The first kappa shape index (κ1) is 7.76. The fourth-order valence-electron chi connectivity index (χ4n) is 1.52. The zero-order valence-electron chi connectivity index (χ0n) is 6.80. The minimum Gasteiger partial charge on any atom is -0.324 e. The van der Waals surface area contributed by atoms with Gasteiger partial charge in [-0.25, -0.2) is 0 Å². The lowest BCUT2D eigenvalue weighted by molar-refractivity contribution is 0.246. The minimum absolute atomic E-state index is 0.219. The molecule has 0 aromatic carbocycles. The van der Waals surface area contributed by atoms with Crippen molar-refractivity contribution >= 4 is 0 Å². The van der Waals surface area contributed by atoms with E-state index in [1.807, 2.05) is 0 Å². The minimum atomic E-state index is 0.219. The van der Waals surface area contributed by atoms with E-state index in [0.717, 1.165) is 13.1 Å². The molecule has 0 saturated carbocycles. The summed E-state index contributed by atoms with van der Waals surface area (Å²) >= 11 is 0. The van der Waals surface area contributed by atoms with E-state index < -0.39 is 0 Å². The van der Waals surface area contributed by atoms with Crippen molar-refractivity contribution in [1.29, 1.82) is 0 Å². The first-order valence-electron chi connectivity index (χ1n) is 3.73. The highest BCUT2D eigenvalue weighted by atomic mass is 15.1. The molecule has 1 rings (SSSR count). The molecule has 0 amide bonds. The number of piperidine rings is 1. The molecule has 1 fully saturated rings. The summed E-state index contributed by atoms with van der Waals surface area (Å²) in [5.74, 6) is 0.561. The molecule has 0 radical (unpaired) electrons. The lowest BCUT2D eigenvalue weighted by Gasteiger charge is -2.34. The van der Waals surface area contributed by atoms with Crippen LogP contribution in [0.1, 0.15) is 6.92 Å². The van der Waals surface area contributed by atoms with Crippen LogP contribution in [-0.2, 0) is 0 Å². The van der Waals surface area contributed by atoms with Crippen LogP contribution in [0.2, 0.25) is 0 Å². The number of nitrogens with zero attached hydrogens (tertiary/aromatic N) is 1. The van der Waals surface area contributed by atoms with Crippen molar-refractivity contribution in [2.75, 3.05) is 20.1 Å². The fourth-order valence-corrected chi connectivity index (χ4v) is 1.52. The lowest BCUT2D eigenvalue weighted by atomic mass is 9.92.